The third-order valence-corrected chi connectivity index (χ3v) is 5.07. The van der Waals surface area contributed by atoms with E-state index in [9.17, 15) is 4.79 Å². The number of nitrogens with one attached hydrogen (secondary N) is 2. The van der Waals surface area contributed by atoms with E-state index in [0.29, 0.717) is 27.7 Å². The third kappa shape index (κ3) is 3.34. The van der Waals surface area contributed by atoms with Crippen molar-refractivity contribution in [3.05, 3.63) is 28.2 Å². The van der Waals surface area contributed by atoms with Crippen LogP contribution in [0.1, 0.15) is 12.8 Å². The number of hydrogen-bond acceptors (Lipinski definition) is 3. The van der Waals surface area contributed by atoms with E-state index in [1.807, 2.05) is 0 Å². The number of hydrogen-bond donors (Lipinski definition) is 2. The minimum absolute atomic E-state index is 0.0620. The van der Waals surface area contributed by atoms with Crippen molar-refractivity contribution in [1.82, 2.24) is 10.2 Å². The van der Waals surface area contributed by atoms with Crippen LogP contribution in [0.2, 0.25) is 10.0 Å². The van der Waals surface area contributed by atoms with E-state index in [1.54, 1.807) is 18.2 Å². The summed E-state index contributed by atoms with van der Waals surface area (Å²) in [5.41, 5.74) is 0.879. The van der Waals surface area contributed by atoms with Crippen LogP contribution in [0.3, 0.4) is 0 Å². The average Bonchev–Trinajstić information content (AvgIpc) is 3.05. The number of para-hydroxylation sites is 1. The van der Waals surface area contributed by atoms with Gasteiger partial charge in [-0.15, -0.1) is 0 Å². The van der Waals surface area contributed by atoms with Gasteiger partial charge in [0.2, 0.25) is 5.91 Å². The lowest BCUT2D eigenvalue weighted by molar-refractivity contribution is -0.117. The predicted octanol–water partition coefficient (Wildman–Crippen LogP) is 2.62. The Kier molecular flexibility index (Phi) is 4.41. The fraction of sp³-hybridized carbons (Fsp3) is 0.533. The van der Waals surface area contributed by atoms with Crippen LogP contribution in [-0.2, 0) is 4.79 Å². The highest BCUT2D eigenvalue weighted by Gasteiger charge is 2.40. The first-order valence-electron chi connectivity index (χ1n) is 7.25. The van der Waals surface area contributed by atoms with Gasteiger partial charge in [0.15, 0.2) is 0 Å². The highest BCUT2D eigenvalue weighted by atomic mass is 35.5. The summed E-state index contributed by atoms with van der Waals surface area (Å²) in [5.74, 6) is -0.0620. The number of halogens is 2. The number of rotatable bonds is 3. The van der Waals surface area contributed by atoms with Gasteiger partial charge in [-0.05, 0) is 43.5 Å². The zero-order chi connectivity index (χ0) is 14.9. The molecule has 3 rings (SSSR count). The van der Waals surface area contributed by atoms with E-state index in [1.165, 1.54) is 12.8 Å². The van der Waals surface area contributed by atoms with Gasteiger partial charge >= 0.3 is 0 Å². The summed E-state index contributed by atoms with van der Waals surface area (Å²) in [6, 6.07) is 5.20. The second kappa shape index (κ2) is 6.13. The fourth-order valence-electron chi connectivity index (χ4n) is 3.31. The first-order chi connectivity index (χ1) is 10.1. The molecule has 2 N–H and O–H groups in total. The Bertz CT molecular complexity index is 523. The fourth-order valence-corrected chi connectivity index (χ4v) is 3.80. The molecule has 0 aromatic heterocycles. The molecule has 6 heteroatoms. The van der Waals surface area contributed by atoms with Crippen LogP contribution < -0.4 is 10.6 Å². The van der Waals surface area contributed by atoms with Crippen molar-refractivity contribution in [3.63, 3.8) is 0 Å². The molecule has 2 saturated heterocycles. The van der Waals surface area contributed by atoms with Crippen LogP contribution in [0, 0.1) is 5.41 Å². The second-order valence-electron chi connectivity index (χ2n) is 6.03. The maximum absolute atomic E-state index is 12.2. The van der Waals surface area contributed by atoms with Crippen molar-refractivity contribution in [3.8, 4) is 0 Å². The topological polar surface area (TPSA) is 44.4 Å². The van der Waals surface area contributed by atoms with E-state index in [2.05, 4.69) is 15.5 Å². The zero-order valence-corrected chi connectivity index (χ0v) is 13.3. The van der Waals surface area contributed by atoms with Gasteiger partial charge in [0.1, 0.15) is 0 Å². The van der Waals surface area contributed by atoms with Crippen molar-refractivity contribution in [2.45, 2.75) is 12.8 Å². The molecule has 1 aromatic carbocycles. The molecule has 1 unspecified atom stereocenters. The van der Waals surface area contributed by atoms with Crippen LogP contribution in [-0.4, -0.2) is 43.5 Å². The van der Waals surface area contributed by atoms with Gasteiger partial charge in [0, 0.05) is 13.1 Å². The van der Waals surface area contributed by atoms with Crippen LogP contribution in [0.15, 0.2) is 18.2 Å². The lowest BCUT2D eigenvalue weighted by Crippen LogP contribution is -2.34. The third-order valence-electron chi connectivity index (χ3n) is 4.44. The summed E-state index contributed by atoms with van der Waals surface area (Å²) >= 11 is 12.1. The molecular weight excluding hydrogens is 309 g/mol. The Hall–Kier alpha value is -0.810. The Morgan fingerprint density at radius 3 is 2.76 bits per heavy atom. The number of anilines is 1. The lowest BCUT2D eigenvalue weighted by atomic mass is 9.87. The monoisotopic (exact) mass is 327 g/mol. The molecule has 4 nitrogen and oxygen atoms in total. The van der Waals surface area contributed by atoms with Crippen LogP contribution >= 0.6 is 23.2 Å². The van der Waals surface area contributed by atoms with Crippen LogP contribution in [0.25, 0.3) is 0 Å². The molecule has 1 spiro atoms. The molecule has 2 fully saturated rings. The van der Waals surface area contributed by atoms with E-state index >= 15 is 0 Å². The van der Waals surface area contributed by atoms with Crippen molar-refractivity contribution < 1.29 is 4.79 Å². The maximum atomic E-state index is 12.2. The molecule has 114 valence electrons. The van der Waals surface area contributed by atoms with Crippen molar-refractivity contribution in [1.29, 1.82) is 0 Å². The number of benzene rings is 1. The number of amides is 1. The smallest absolute Gasteiger partial charge is 0.238 e. The molecule has 21 heavy (non-hydrogen) atoms. The van der Waals surface area contributed by atoms with E-state index in [-0.39, 0.29) is 5.91 Å². The maximum Gasteiger partial charge on any atom is 0.238 e. The summed E-state index contributed by atoms with van der Waals surface area (Å²) in [7, 11) is 0. The lowest BCUT2D eigenvalue weighted by Gasteiger charge is -2.22. The Morgan fingerprint density at radius 1 is 1.33 bits per heavy atom. The predicted molar refractivity (Wildman–Crippen MR) is 86.1 cm³/mol. The zero-order valence-electron chi connectivity index (χ0n) is 11.8. The van der Waals surface area contributed by atoms with Crippen molar-refractivity contribution >= 4 is 34.8 Å². The van der Waals surface area contributed by atoms with Gasteiger partial charge in [-0.25, -0.2) is 0 Å². The van der Waals surface area contributed by atoms with Gasteiger partial charge < -0.3 is 10.6 Å². The molecule has 0 saturated carbocycles. The Balaban J connectivity index is 1.58. The number of nitrogens with zero attached hydrogens (tertiary/aromatic N) is 1. The van der Waals surface area contributed by atoms with Crippen molar-refractivity contribution in [2.24, 2.45) is 5.41 Å². The molecule has 0 aliphatic carbocycles. The van der Waals surface area contributed by atoms with E-state index in [4.69, 9.17) is 23.2 Å². The first kappa shape index (κ1) is 15.1. The molecule has 2 aliphatic heterocycles. The molecule has 0 bridgehead atoms. The highest BCUT2D eigenvalue weighted by Crippen LogP contribution is 2.36. The van der Waals surface area contributed by atoms with Crippen LogP contribution in [0.5, 0.6) is 0 Å². The molecule has 1 amide bonds. The molecule has 1 aromatic rings. The largest absolute Gasteiger partial charge is 0.322 e. The summed E-state index contributed by atoms with van der Waals surface area (Å²) in [6.07, 6.45) is 2.38. The highest BCUT2D eigenvalue weighted by molar-refractivity contribution is 6.39. The van der Waals surface area contributed by atoms with Gasteiger partial charge in [0.25, 0.3) is 0 Å². The van der Waals surface area contributed by atoms with Gasteiger partial charge in [-0.3, -0.25) is 9.69 Å². The second-order valence-corrected chi connectivity index (χ2v) is 6.85. The Morgan fingerprint density at radius 2 is 2.10 bits per heavy atom. The number of carbonyl (C=O) groups is 1. The standard InChI is InChI=1S/C15H19Cl2N3O/c16-11-2-1-3-12(17)14(11)19-13(21)8-20-7-5-15(10-20)4-6-18-9-15/h1-3,18H,4-10H2,(H,19,21). The normalized spacial score (nSPS) is 25.6. The summed E-state index contributed by atoms with van der Waals surface area (Å²) < 4.78 is 0. The molecule has 2 heterocycles. The molecular formula is C15H19Cl2N3O. The number of carbonyl (C=O) groups excluding carboxylic acids is 1. The van der Waals surface area contributed by atoms with E-state index < -0.39 is 0 Å². The minimum Gasteiger partial charge on any atom is -0.322 e. The number of likely N-dealkylation sites (tertiary alicyclic amines) is 1. The summed E-state index contributed by atoms with van der Waals surface area (Å²) in [4.78, 5) is 14.4. The van der Waals surface area contributed by atoms with Gasteiger partial charge in [0.05, 0.1) is 22.3 Å². The minimum atomic E-state index is -0.0620. The summed E-state index contributed by atoms with van der Waals surface area (Å²) in [6.45, 7) is 4.52. The average molecular weight is 328 g/mol. The van der Waals surface area contributed by atoms with Gasteiger partial charge in [-0.1, -0.05) is 29.3 Å². The molecule has 1 atom stereocenters. The summed E-state index contributed by atoms with van der Waals surface area (Å²) in [5, 5.41) is 7.18. The Labute approximate surface area is 134 Å². The van der Waals surface area contributed by atoms with E-state index in [0.717, 1.165) is 26.2 Å². The first-order valence-corrected chi connectivity index (χ1v) is 8.01. The molecule has 2 aliphatic rings. The van der Waals surface area contributed by atoms with Gasteiger partial charge in [-0.2, -0.15) is 0 Å². The SMILES string of the molecule is O=C(CN1CCC2(CCNC2)C1)Nc1c(Cl)cccc1Cl. The van der Waals surface area contributed by atoms with Crippen LogP contribution in [0.4, 0.5) is 5.69 Å². The molecule has 0 radical (unpaired) electrons. The quantitative estimate of drug-likeness (QED) is 0.896. The van der Waals surface area contributed by atoms with Crippen molar-refractivity contribution in [2.75, 3.05) is 38.0 Å².